The molecule has 1 saturated carbocycles. The van der Waals surface area contributed by atoms with E-state index in [0.717, 1.165) is 19.4 Å². The number of aliphatic carboxylic acids is 1. The van der Waals surface area contributed by atoms with E-state index in [2.05, 4.69) is 5.32 Å². The zero-order chi connectivity index (χ0) is 15.2. The highest BCUT2D eigenvalue weighted by atomic mass is 16.4. The number of piperazine rings is 1. The molecule has 2 aliphatic rings. The van der Waals surface area contributed by atoms with Crippen LogP contribution in [0, 0.1) is 0 Å². The minimum atomic E-state index is -0.851. The molecule has 6 nitrogen and oxygen atoms in total. The molecule has 1 aliphatic heterocycles. The van der Waals surface area contributed by atoms with Crippen LogP contribution in [-0.4, -0.2) is 71.6 Å². The maximum absolute atomic E-state index is 12.6. The van der Waals surface area contributed by atoms with Gasteiger partial charge in [-0.2, -0.15) is 0 Å². The summed E-state index contributed by atoms with van der Waals surface area (Å²) >= 11 is 0. The van der Waals surface area contributed by atoms with E-state index < -0.39 is 12.0 Å². The number of nitrogens with one attached hydrogen (secondary N) is 1. The first-order valence-electron chi connectivity index (χ1n) is 8.10. The molecule has 2 rings (SSSR count). The van der Waals surface area contributed by atoms with Crippen molar-refractivity contribution in [1.82, 2.24) is 15.1 Å². The monoisotopic (exact) mass is 297 g/mol. The molecule has 0 aromatic rings. The summed E-state index contributed by atoms with van der Waals surface area (Å²) < 4.78 is 0. The lowest BCUT2D eigenvalue weighted by molar-refractivity contribution is -0.146. The lowest BCUT2D eigenvalue weighted by atomic mass is 9.94. The molecule has 2 fully saturated rings. The van der Waals surface area contributed by atoms with Crippen molar-refractivity contribution in [2.24, 2.45) is 0 Å². The Labute approximate surface area is 126 Å². The van der Waals surface area contributed by atoms with Crippen molar-refractivity contribution >= 4 is 11.9 Å². The van der Waals surface area contributed by atoms with Crippen LogP contribution in [-0.2, 0) is 9.59 Å². The molecule has 1 saturated heterocycles. The van der Waals surface area contributed by atoms with Crippen LogP contribution in [0.15, 0.2) is 0 Å². The van der Waals surface area contributed by atoms with Gasteiger partial charge in [0, 0.05) is 32.2 Å². The van der Waals surface area contributed by atoms with E-state index in [1.54, 1.807) is 4.90 Å². The lowest BCUT2D eigenvalue weighted by Crippen LogP contribution is -2.58. The quantitative estimate of drug-likeness (QED) is 0.774. The molecular weight excluding hydrogens is 270 g/mol. The first-order chi connectivity index (χ1) is 10.1. The smallest absolute Gasteiger partial charge is 0.322 e. The van der Waals surface area contributed by atoms with E-state index >= 15 is 0 Å². The number of carbonyl (C=O) groups is 2. The summed E-state index contributed by atoms with van der Waals surface area (Å²) in [6.07, 6.45) is 5.83. The predicted molar refractivity (Wildman–Crippen MR) is 80.1 cm³/mol. The van der Waals surface area contributed by atoms with Crippen LogP contribution < -0.4 is 5.32 Å². The number of carboxylic acids is 1. The van der Waals surface area contributed by atoms with Crippen molar-refractivity contribution in [3.63, 3.8) is 0 Å². The van der Waals surface area contributed by atoms with Crippen LogP contribution in [0.1, 0.15) is 39.0 Å². The fourth-order valence-corrected chi connectivity index (χ4v) is 3.47. The molecule has 2 N–H and O–H groups in total. The van der Waals surface area contributed by atoms with Gasteiger partial charge in [-0.25, -0.2) is 0 Å². The van der Waals surface area contributed by atoms with Gasteiger partial charge in [0.15, 0.2) is 0 Å². The summed E-state index contributed by atoms with van der Waals surface area (Å²) in [5.41, 5.74) is 0. The van der Waals surface area contributed by atoms with Gasteiger partial charge >= 0.3 is 5.97 Å². The Kier molecular flexibility index (Phi) is 5.99. The van der Waals surface area contributed by atoms with Crippen LogP contribution >= 0.6 is 0 Å². The highest BCUT2D eigenvalue weighted by Gasteiger charge is 2.32. The lowest BCUT2D eigenvalue weighted by Gasteiger charge is -2.37. The number of likely N-dealkylation sites (N-methyl/N-ethyl adjacent to an activating group) is 1. The van der Waals surface area contributed by atoms with E-state index in [0.29, 0.717) is 25.7 Å². The third-order valence-corrected chi connectivity index (χ3v) is 4.65. The predicted octanol–water partition coefficient (Wildman–Crippen LogP) is 0.526. The minimum Gasteiger partial charge on any atom is -0.480 e. The number of carboxylic acid groups (broad SMARTS) is 1. The Balaban J connectivity index is 1.95. The van der Waals surface area contributed by atoms with Gasteiger partial charge in [0.05, 0.1) is 6.54 Å². The Bertz CT molecular complexity index is 369. The van der Waals surface area contributed by atoms with E-state index in [9.17, 15) is 14.7 Å². The van der Waals surface area contributed by atoms with Gasteiger partial charge in [-0.1, -0.05) is 19.3 Å². The average Bonchev–Trinajstić information content (AvgIpc) is 2.49. The van der Waals surface area contributed by atoms with Crippen molar-refractivity contribution in [1.29, 1.82) is 0 Å². The second kappa shape index (κ2) is 7.75. The maximum atomic E-state index is 12.6. The molecule has 0 spiro atoms. The molecule has 0 aromatic heterocycles. The Morgan fingerprint density at radius 3 is 2.62 bits per heavy atom. The van der Waals surface area contributed by atoms with E-state index in [4.69, 9.17) is 0 Å². The molecule has 120 valence electrons. The Morgan fingerprint density at radius 2 is 2.00 bits per heavy atom. The van der Waals surface area contributed by atoms with Crippen molar-refractivity contribution < 1.29 is 14.7 Å². The summed E-state index contributed by atoms with van der Waals surface area (Å²) in [4.78, 5) is 27.6. The molecular formula is C15H27N3O3. The Morgan fingerprint density at radius 1 is 1.29 bits per heavy atom. The Hall–Kier alpha value is -1.14. The van der Waals surface area contributed by atoms with Crippen molar-refractivity contribution in [2.45, 2.75) is 51.1 Å². The maximum Gasteiger partial charge on any atom is 0.322 e. The second-order valence-electron chi connectivity index (χ2n) is 6.00. The fourth-order valence-electron chi connectivity index (χ4n) is 3.47. The third kappa shape index (κ3) is 4.17. The number of rotatable bonds is 5. The SMILES string of the molecule is CCN(C(=O)CN1CCNCC1C(=O)O)C1CCCCC1. The zero-order valence-electron chi connectivity index (χ0n) is 12.9. The van der Waals surface area contributed by atoms with E-state index in [-0.39, 0.29) is 12.5 Å². The van der Waals surface area contributed by atoms with Gasteiger partial charge in [0.25, 0.3) is 0 Å². The van der Waals surface area contributed by atoms with Gasteiger partial charge in [0.2, 0.25) is 5.91 Å². The van der Waals surface area contributed by atoms with Crippen LogP contribution in [0.2, 0.25) is 0 Å². The molecule has 1 aliphatic carbocycles. The topological polar surface area (TPSA) is 72.9 Å². The third-order valence-electron chi connectivity index (χ3n) is 4.65. The summed E-state index contributed by atoms with van der Waals surface area (Å²) in [5.74, 6) is -0.770. The van der Waals surface area contributed by atoms with E-state index in [1.807, 2.05) is 11.8 Å². The molecule has 0 aromatic carbocycles. The van der Waals surface area contributed by atoms with Gasteiger partial charge in [-0.3, -0.25) is 14.5 Å². The summed E-state index contributed by atoms with van der Waals surface area (Å²) in [6.45, 7) is 4.73. The van der Waals surface area contributed by atoms with Gasteiger partial charge in [0.1, 0.15) is 6.04 Å². The molecule has 1 amide bonds. The standard InChI is InChI=1S/C15H27N3O3/c1-2-18(12-6-4-3-5-7-12)14(19)11-17-9-8-16-10-13(17)15(20)21/h12-13,16H,2-11H2,1H3,(H,20,21). The van der Waals surface area contributed by atoms with Gasteiger partial charge in [-0.15, -0.1) is 0 Å². The first kappa shape index (κ1) is 16.2. The van der Waals surface area contributed by atoms with Crippen LogP contribution in [0.5, 0.6) is 0 Å². The van der Waals surface area contributed by atoms with Crippen molar-refractivity contribution in [2.75, 3.05) is 32.7 Å². The summed E-state index contributed by atoms with van der Waals surface area (Å²) in [7, 11) is 0. The summed E-state index contributed by atoms with van der Waals surface area (Å²) in [5, 5.41) is 12.3. The zero-order valence-corrected chi connectivity index (χ0v) is 12.9. The van der Waals surface area contributed by atoms with Gasteiger partial charge < -0.3 is 15.3 Å². The number of hydrogen-bond donors (Lipinski definition) is 2. The van der Waals surface area contributed by atoms with E-state index in [1.165, 1.54) is 19.3 Å². The first-order valence-corrected chi connectivity index (χ1v) is 8.10. The highest BCUT2D eigenvalue weighted by molar-refractivity contribution is 5.80. The molecule has 6 heteroatoms. The number of hydrogen-bond acceptors (Lipinski definition) is 4. The fraction of sp³-hybridized carbons (Fsp3) is 0.867. The highest BCUT2D eigenvalue weighted by Crippen LogP contribution is 2.22. The van der Waals surface area contributed by atoms with Crippen molar-refractivity contribution in [3.05, 3.63) is 0 Å². The normalized spacial score (nSPS) is 24.7. The second-order valence-corrected chi connectivity index (χ2v) is 6.00. The number of amides is 1. The molecule has 1 unspecified atom stereocenters. The van der Waals surface area contributed by atoms with Gasteiger partial charge in [-0.05, 0) is 19.8 Å². The molecule has 1 atom stereocenters. The van der Waals surface area contributed by atoms with Crippen LogP contribution in [0.3, 0.4) is 0 Å². The van der Waals surface area contributed by atoms with Crippen molar-refractivity contribution in [3.8, 4) is 0 Å². The number of nitrogens with zero attached hydrogens (tertiary/aromatic N) is 2. The minimum absolute atomic E-state index is 0.0811. The molecule has 21 heavy (non-hydrogen) atoms. The molecule has 0 radical (unpaired) electrons. The largest absolute Gasteiger partial charge is 0.480 e. The average molecular weight is 297 g/mol. The van der Waals surface area contributed by atoms with Crippen LogP contribution in [0.25, 0.3) is 0 Å². The van der Waals surface area contributed by atoms with Crippen LogP contribution in [0.4, 0.5) is 0 Å². The summed E-state index contributed by atoms with van der Waals surface area (Å²) in [6, 6.07) is -0.241. The molecule has 0 bridgehead atoms. The molecule has 1 heterocycles. The number of carbonyl (C=O) groups excluding carboxylic acids is 1.